The number of aromatic nitrogens is 2. The molecule has 1 aliphatic heterocycles. The third-order valence-electron chi connectivity index (χ3n) is 5.43. The number of alkyl carbamates (subject to hydrolysis) is 1. The van der Waals surface area contributed by atoms with Gasteiger partial charge in [-0.25, -0.2) is 9.48 Å². The molecular formula is C23H28N4O3. The lowest BCUT2D eigenvalue weighted by Gasteiger charge is -2.22. The number of rotatable bonds is 6. The van der Waals surface area contributed by atoms with Crippen molar-refractivity contribution in [3.63, 3.8) is 0 Å². The number of allylic oxidation sites excluding steroid dienone is 6. The molecule has 1 aromatic heterocycles. The summed E-state index contributed by atoms with van der Waals surface area (Å²) in [6.45, 7) is 5.20. The van der Waals surface area contributed by atoms with Gasteiger partial charge >= 0.3 is 6.09 Å². The van der Waals surface area contributed by atoms with E-state index in [1.54, 1.807) is 16.9 Å². The molecule has 7 nitrogen and oxygen atoms in total. The van der Waals surface area contributed by atoms with Gasteiger partial charge in [-0.05, 0) is 17.6 Å². The first-order valence-corrected chi connectivity index (χ1v) is 10.2. The average Bonchev–Trinajstić information content (AvgIpc) is 2.99. The van der Waals surface area contributed by atoms with Gasteiger partial charge < -0.3 is 4.74 Å². The topological polar surface area (TPSA) is 85.6 Å². The van der Waals surface area contributed by atoms with E-state index in [9.17, 15) is 9.59 Å². The Morgan fingerprint density at radius 1 is 1.40 bits per heavy atom. The normalized spacial score (nSPS) is 19.3. The fraction of sp³-hybridized carbons (Fsp3) is 0.391. The third-order valence-corrected chi connectivity index (χ3v) is 5.43. The maximum absolute atomic E-state index is 12.4. The van der Waals surface area contributed by atoms with Crippen LogP contribution in [0.15, 0.2) is 63.7 Å². The predicted octanol–water partition coefficient (Wildman–Crippen LogP) is 3.50. The molecule has 2 aliphatic rings. The number of hydrogen-bond acceptors (Lipinski definition) is 5. The van der Waals surface area contributed by atoms with E-state index in [0.29, 0.717) is 30.4 Å². The summed E-state index contributed by atoms with van der Waals surface area (Å²) < 4.78 is 6.36. The highest BCUT2D eigenvalue weighted by molar-refractivity contribution is 6.02. The van der Waals surface area contributed by atoms with Gasteiger partial charge in [0.1, 0.15) is 5.69 Å². The molecule has 0 spiro atoms. The lowest BCUT2D eigenvalue weighted by molar-refractivity contribution is 0.174. The summed E-state index contributed by atoms with van der Waals surface area (Å²) >= 11 is 0. The summed E-state index contributed by atoms with van der Waals surface area (Å²) in [5.41, 5.74) is 2.91. The number of methoxy groups -OCH3 is 1. The minimum absolute atomic E-state index is 0.103. The SMILES string of the molecule is CCC(C)C1C=C(n2ccc(=O)c(CC3=CC=C(NC(=O)OC)CC=C3)n2)C=NC1. The van der Waals surface area contributed by atoms with Gasteiger partial charge in [-0.1, -0.05) is 44.6 Å². The fourth-order valence-corrected chi connectivity index (χ4v) is 3.33. The molecule has 1 N–H and O–H groups in total. The van der Waals surface area contributed by atoms with E-state index in [0.717, 1.165) is 29.9 Å². The zero-order chi connectivity index (χ0) is 21.5. The number of dihydropyridines is 1. The van der Waals surface area contributed by atoms with Crippen molar-refractivity contribution in [1.29, 1.82) is 0 Å². The van der Waals surface area contributed by atoms with E-state index in [2.05, 4.69) is 40.1 Å². The van der Waals surface area contributed by atoms with Crippen LogP contribution >= 0.6 is 0 Å². The van der Waals surface area contributed by atoms with E-state index in [4.69, 9.17) is 0 Å². The van der Waals surface area contributed by atoms with Gasteiger partial charge in [0.2, 0.25) is 5.43 Å². The quantitative estimate of drug-likeness (QED) is 0.781. The number of carbonyl (C=O) groups excluding carboxylic acids is 1. The molecule has 0 aromatic carbocycles. The van der Waals surface area contributed by atoms with Crippen LogP contribution in [-0.4, -0.2) is 35.7 Å². The summed E-state index contributed by atoms with van der Waals surface area (Å²) in [5, 5.41) is 7.26. The van der Waals surface area contributed by atoms with Crippen LogP contribution in [0.4, 0.5) is 4.79 Å². The van der Waals surface area contributed by atoms with Gasteiger partial charge in [0.25, 0.3) is 0 Å². The molecule has 1 aromatic rings. The van der Waals surface area contributed by atoms with E-state index in [1.807, 2.05) is 30.5 Å². The Balaban J connectivity index is 1.81. The molecule has 2 atom stereocenters. The first-order valence-electron chi connectivity index (χ1n) is 10.2. The summed E-state index contributed by atoms with van der Waals surface area (Å²) in [5.74, 6) is 0.912. The molecule has 1 aliphatic carbocycles. The second-order valence-electron chi connectivity index (χ2n) is 7.54. The van der Waals surface area contributed by atoms with Gasteiger partial charge in [-0.2, -0.15) is 5.10 Å². The van der Waals surface area contributed by atoms with Crippen molar-refractivity contribution < 1.29 is 9.53 Å². The van der Waals surface area contributed by atoms with Crippen molar-refractivity contribution in [2.45, 2.75) is 33.1 Å². The van der Waals surface area contributed by atoms with Crippen molar-refractivity contribution in [3.8, 4) is 0 Å². The van der Waals surface area contributed by atoms with Crippen molar-refractivity contribution >= 4 is 18.0 Å². The minimum atomic E-state index is -0.503. The van der Waals surface area contributed by atoms with E-state index in [1.165, 1.54) is 7.11 Å². The number of ether oxygens (including phenoxy) is 1. The minimum Gasteiger partial charge on any atom is -0.453 e. The van der Waals surface area contributed by atoms with Crippen molar-refractivity contribution in [2.24, 2.45) is 16.8 Å². The number of hydrogen-bond donors (Lipinski definition) is 1. The molecule has 2 heterocycles. The molecule has 0 radical (unpaired) electrons. The summed E-state index contributed by atoms with van der Waals surface area (Å²) in [6.07, 6.45) is 14.9. The van der Waals surface area contributed by atoms with Crippen LogP contribution in [0.2, 0.25) is 0 Å². The van der Waals surface area contributed by atoms with Crippen LogP contribution in [0.3, 0.4) is 0 Å². The number of amides is 1. The number of carbonyl (C=O) groups is 1. The maximum Gasteiger partial charge on any atom is 0.411 e. The van der Waals surface area contributed by atoms with Crippen LogP contribution in [0, 0.1) is 11.8 Å². The second kappa shape index (κ2) is 10.0. The Morgan fingerprint density at radius 2 is 2.23 bits per heavy atom. The lowest BCUT2D eigenvalue weighted by Crippen LogP contribution is -2.21. The summed E-state index contributed by atoms with van der Waals surface area (Å²) in [7, 11) is 1.33. The summed E-state index contributed by atoms with van der Waals surface area (Å²) in [6, 6.07) is 1.55. The van der Waals surface area contributed by atoms with E-state index in [-0.39, 0.29) is 5.43 Å². The van der Waals surface area contributed by atoms with Crippen LogP contribution < -0.4 is 10.7 Å². The molecule has 158 valence electrons. The molecule has 0 saturated carbocycles. The number of nitrogens with one attached hydrogen (secondary N) is 1. The van der Waals surface area contributed by atoms with Crippen LogP contribution in [0.5, 0.6) is 0 Å². The smallest absolute Gasteiger partial charge is 0.411 e. The predicted molar refractivity (Wildman–Crippen MR) is 118 cm³/mol. The Bertz CT molecular complexity index is 998. The Kier molecular flexibility index (Phi) is 7.17. The number of nitrogens with zero attached hydrogens (tertiary/aromatic N) is 3. The fourth-order valence-electron chi connectivity index (χ4n) is 3.33. The molecular weight excluding hydrogens is 380 g/mol. The molecule has 7 heteroatoms. The molecule has 30 heavy (non-hydrogen) atoms. The highest BCUT2D eigenvalue weighted by Crippen LogP contribution is 2.22. The number of aliphatic imine (C=N–C) groups is 1. The van der Waals surface area contributed by atoms with Gasteiger partial charge in [0.15, 0.2) is 0 Å². The molecule has 0 saturated heterocycles. The highest BCUT2D eigenvalue weighted by atomic mass is 16.5. The lowest BCUT2D eigenvalue weighted by atomic mass is 9.90. The molecule has 2 unspecified atom stereocenters. The first-order chi connectivity index (χ1) is 14.5. The van der Waals surface area contributed by atoms with Gasteiger partial charge in [0, 0.05) is 49.5 Å². The molecule has 0 fully saturated rings. The zero-order valence-electron chi connectivity index (χ0n) is 17.7. The Hall–Kier alpha value is -3.22. The molecule has 3 rings (SSSR count). The van der Waals surface area contributed by atoms with Crippen LogP contribution in [0.25, 0.3) is 5.70 Å². The summed E-state index contributed by atoms with van der Waals surface area (Å²) in [4.78, 5) is 28.3. The Morgan fingerprint density at radius 3 is 3.00 bits per heavy atom. The average molecular weight is 409 g/mol. The Labute approximate surface area is 176 Å². The third kappa shape index (κ3) is 5.43. The highest BCUT2D eigenvalue weighted by Gasteiger charge is 2.17. The molecule has 1 amide bonds. The van der Waals surface area contributed by atoms with Crippen molar-refractivity contribution in [3.05, 3.63) is 69.8 Å². The van der Waals surface area contributed by atoms with Gasteiger partial charge in [-0.3, -0.25) is 15.1 Å². The molecule has 0 bridgehead atoms. The van der Waals surface area contributed by atoms with Crippen LogP contribution in [0.1, 0.15) is 32.4 Å². The van der Waals surface area contributed by atoms with E-state index >= 15 is 0 Å². The second-order valence-corrected chi connectivity index (χ2v) is 7.54. The largest absolute Gasteiger partial charge is 0.453 e. The van der Waals surface area contributed by atoms with E-state index < -0.39 is 6.09 Å². The monoisotopic (exact) mass is 408 g/mol. The van der Waals surface area contributed by atoms with Crippen molar-refractivity contribution in [2.75, 3.05) is 13.7 Å². The first kappa shape index (κ1) is 21.5. The maximum atomic E-state index is 12.4. The van der Waals surface area contributed by atoms with Crippen LogP contribution in [-0.2, 0) is 11.2 Å². The van der Waals surface area contributed by atoms with Gasteiger partial charge in [0.05, 0.1) is 12.8 Å². The standard InChI is InChI=1S/C23H28N4O3/c1-4-16(2)18-13-20(15-24-14-18)27-11-10-22(28)21(26-27)12-17-6-5-7-19(9-8-17)25-23(29)30-3/h5-6,8-11,13,15-16,18H,4,7,12,14H2,1-3H3,(H,25,29). The zero-order valence-corrected chi connectivity index (χ0v) is 17.7. The van der Waals surface area contributed by atoms with Crippen molar-refractivity contribution in [1.82, 2.24) is 15.1 Å². The van der Waals surface area contributed by atoms with Gasteiger partial charge in [-0.15, -0.1) is 0 Å².